The van der Waals surface area contributed by atoms with Crippen molar-refractivity contribution in [1.82, 2.24) is 24.5 Å². The topological polar surface area (TPSA) is 56.0 Å². The molecule has 0 amide bonds. The number of rotatable bonds is 3. The van der Waals surface area contributed by atoms with Gasteiger partial charge < -0.3 is 0 Å². The monoisotopic (exact) mass is 337 g/mol. The molecule has 1 atom stereocenters. The van der Waals surface area contributed by atoms with Gasteiger partial charge in [-0.3, -0.25) is 14.4 Å². The van der Waals surface area contributed by atoms with Gasteiger partial charge >= 0.3 is 0 Å². The Morgan fingerprint density at radius 3 is 3.00 bits per heavy atom. The van der Waals surface area contributed by atoms with Crippen molar-refractivity contribution in [2.24, 2.45) is 7.05 Å². The first-order valence-electron chi connectivity index (χ1n) is 6.57. The van der Waals surface area contributed by atoms with Crippen LogP contribution in [0.4, 0.5) is 0 Å². The maximum absolute atomic E-state index is 11.3. The summed E-state index contributed by atoms with van der Waals surface area (Å²) < 4.78 is 4.40. The summed E-state index contributed by atoms with van der Waals surface area (Å²) in [6.07, 6.45) is 4.91. The van der Waals surface area contributed by atoms with Gasteiger partial charge in [0.2, 0.25) is 0 Å². The molecule has 2 aromatic rings. The molecule has 106 valence electrons. The van der Waals surface area contributed by atoms with Gasteiger partial charge in [-0.2, -0.15) is 10.2 Å². The summed E-state index contributed by atoms with van der Waals surface area (Å²) in [6.45, 7) is 2.75. The van der Waals surface area contributed by atoms with Crippen LogP contribution in [0.1, 0.15) is 18.2 Å². The lowest BCUT2D eigenvalue weighted by Gasteiger charge is -2.15. The van der Waals surface area contributed by atoms with E-state index in [2.05, 4.69) is 31.0 Å². The molecule has 0 aliphatic carbocycles. The van der Waals surface area contributed by atoms with Gasteiger partial charge in [0.1, 0.15) is 0 Å². The number of nitrogens with zero attached hydrogens (tertiary/aromatic N) is 5. The number of likely N-dealkylation sites (tertiary alicyclic amines) is 1. The summed E-state index contributed by atoms with van der Waals surface area (Å²) in [5.41, 5.74) is 0.851. The van der Waals surface area contributed by atoms with E-state index in [-0.39, 0.29) is 5.56 Å². The molecular weight excluding hydrogens is 322 g/mol. The van der Waals surface area contributed by atoms with E-state index in [9.17, 15) is 4.79 Å². The van der Waals surface area contributed by atoms with E-state index < -0.39 is 0 Å². The third-order valence-electron chi connectivity index (χ3n) is 3.59. The molecule has 0 spiro atoms. The summed E-state index contributed by atoms with van der Waals surface area (Å²) in [6, 6.07) is 3.79. The van der Waals surface area contributed by atoms with Gasteiger partial charge in [0, 0.05) is 38.9 Å². The molecule has 0 aromatic carbocycles. The lowest BCUT2D eigenvalue weighted by Crippen LogP contribution is -2.25. The SMILES string of the molecule is Cn1nc(CN2CCC(n3cc(Br)cn3)C2)ccc1=O. The second-order valence-corrected chi connectivity index (χ2v) is 6.02. The highest BCUT2D eigenvalue weighted by Crippen LogP contribution is 2.23. The Morgan fingerprint density at radius 2 is 2.30 bits per heavy atom. The Labute approximate surface area is 125 Å². The number of aromatic nitrogens is 4. The van der Waals surface area contributed by atoms with Gasteiger partial charge in [0.25, 0.3) is 5.56 Å². The van der Waals surface area contributed by atoms with Gasteiger partial charge in [-0.1, -0.05) is 0 Å². The number of aryl methyl sites for hydroxylation is 1. The van der Waals surface area contributed by atoms with Crippen molar-refractivity contribution in [2.75, 3.05) is 13.1 Å². The van der Waals surface area contributed by atoms with Gasteiger partial charge in [-0.25, -0.2) is 4.68 Å². The number of halogens is 1. The predicted octanol–water partition coefficient (Wildman–Crippen LogP) is 1.19. The Bertz CT molecular complexity index is 665. The predicted molar refractivity (Wildman–Crippen MR) is 78.3 cm³/mol. The highest BCUT2D eigenvalue weighted by Gasteiger charge is 2.24. The Morgan fingerprint density at radius 1 is 1.45 bits per heavy atom. The summed E-state index contributed by atoms with van der Waals surface area (Å²) in [5.74, 6) is 0. The standard InChI is InChI=1S/C13H16BrN5O/c1-17-13(20)3-2-11(16-17)8-18-5-4-12(9-18)19-7-10(14)6-15-19/h2-3,6-7,12H,4-5,8-9H2,1H3. The zero-order chi connectivity index (χ0) is 14.1. The molecular formula is C13H16BrN5O. The Hall–Kier alpha value is -1.47. The molecule has 0 radical (unpaired) electrons. The first-order chi connectivity index (χ1) is 9.61. The van der Waals surface area contributed by atoms with Crippen molar-refractivity contribution in [2.45, 2.75) is 19.0 Å². The lowest BCUT2D eigenvalue weighted by molar-refractivity contribution is 0.305. The summed E-state index contributed by atoms with van der Waals surface area (Å²) in [5, 5.41) is 8.62. The van der Waals surface area contributed by atoms with Crippen molar-refractivity contribution in [3.63, 3.8) is 0 Å². The summed E-state index contributed by atoms with van der Waals surface area (Å²) in [4.78, 5) is 13.7. The van der Waals surface area contributed by atoms with Gasteiger partial charge in [0.15, 0.2) is 0 Å². The molecule has 20 heavy (non-hydrogen) atoms. The van der Waals surface area contributed by atoms with Crippen LogP contribution in [-0.2, 0) is 13.6 Å². The molecule has 1 fully saturated rings. The zero-order valence-corrected chi connectivity index (χ0v) is 12.8. The zero-order valence-electron chi connectivity index (χ0n) is 11.2. The van der Waals surface area contributed by atoms with Crippen molar-refractivity contribution in [3.8, 4) is 0 Å². The lowest BCUT2D eigenvalue weighted by atomic mass is 10.3. The van der Waals surface area contributed by atoms with Crippen molar-refractivity contribution >= 4 is 15.9 Å². The normalized spacial score (nSPS) is 19.6. The quantitative estimate of drug-likeness (QED) is 0.844. The minimum Gasteiger partial charge on any atom is -0.295 e. The highest BCUT2D eigenvalue weighted by atomic mass is 79.9. The van der Waals surface area contributed by atoms with Crippen LogP contribution in [0.5, 0.6) is 0 Å². The van der Waals surface area contributed by atoms with Crippen LogP contribution in [0, 0.1) is 0 Å². The van der Waals surface area contributed by atoms with Crippen LogP contribution in [0.25, 0.3) is 0 Å². The van der Waals surface area contributed by atoms with Crippen LogP contribution in [0.15, 0.2) is 33.8 Å². The molecule has 0 saturated carbocycles. The second-order valence-electron chi connectivity index (χ2n) is 5.10. The molecule has 3 rings (SSSR count). The van der Waals surface area contributed by atoms with E-state index in [1.54, 1.807) is 19.2 Å². The average Bonchev–Trinajstić information content (AvgIpc) is 3.03. The molecule has 1 saturated heterocycles. The first-order valence-corrected chi connectivity index (χ1v) is 7.36. The molecule has 3 heterocycles. The molecule has 1 aliphatic rings. The van der Waals surface area contributed by atoms with Crippen molar-refractivity contribution < 1.29 is 0 Å². The molecule has 2 aromatic heterocycles. The third kappa shape index (κ3) is 2.83. The number of hydrogen-bond donors (Lipinski definition) is 0. The molecule has 0 bridgehead atoms. The fourth-order valence-electron chi connectivity index (χ4n) is 2.55. The number of hydrogen-bond acceptors (Lipinski definition) is 4. The molecule has 1 aliphatic heterocycles. The van der Waals surface area contributed by atoms with Crippen molar-refractivity contribution in [3.05, 3.63) is 45.0 Å². The fraction of sp³-hybridized carbons (Fsp3) is 0.462. The van der Waals surface area contributed by atoms with Crippen LogP contribution < -0.4 is 5.56 Å². The minimum atomic E-state index is -0.0746. The van der Waals surface area contributed by atoms with E-state index in [1.165, 1.54) is 4.68 Å². The van der Waals surface area contributed by atoms with E-state index in [4.69, 9.17) is 0 Å². The highest BCUT2D eigenvalue weighted by molar-refractivity contribution is 9.10. The third-order valence-corrected chi connectivity index (χ3v) is 4.00. The molecule has 0 N–H and O–H groups in total. The van der Waals surface area contributed by atoms with Crippen LogP contribution >= 0.6 is 15.9 Å². The fourth-order valence-corrected chi connectivity index (χ4v) is 2.85. The maximum Gasteiger partial charge on any atom is 0.266 e. The van der Waals surface area contributed by atoms with Crippen LogP contribution in [0.3, 0.4) is 0 Å². The van der Waals surface area contributed by atoms with E-state index in [1.807, 2.05) is 17.1 Å². The summed E-state index contributed by atoms with van der Waals surface area (Å²) >= 11 is 3.42. The van der Waals surface area contributed by atoms with E-state index in [0.29, 0.717) is 6.04 Å². The van der Waals surface area contributed by atoms with Crippen molar-refractivity contribution in [1.29, 1.82) is 0 Å². The van der Waals surface area contributed by atoms with Gasteiger partial charge in [-0.15, -0.1) is 0 Å². The second kappa shape index (κ2) is 5.49. The van der Waals surface area contributed by atoms with E-state index >= 15 is 0 Å². The Kier molecular flexibility index (Phi) is 3.71. The molecule has 1 unspecified atom stereocenters. The average molecular weight is 338 g/mol. The van der Waals surface area contributed by atoms with E-state index in [0.717, 1.165) is 36.2 Å². The molecule has 7 heteroatoms. The van der Waals surface area contributed by atoms with Gasteiger partial charge in [0.05, 0.1) is 22.4 Å². The largest absolute Gasteiger partial charge is 0.295 e. The smallest absolute Gasteiger partial charge is 0.266 e. The Balaban J connectivity index is 1.65. The van der Waals surface area contributed by atoms with Crippen LogP contribution in [-0.4, -0.2) is 37.6 Å². The minimum absolute atomic E-state index is 0.0746. The molecule has 6 nitrogen and oxygen atoms in total. The van der Waals surface area contributed by atoms with Crippen LogP contribution in [0.2, 0.25) is 0 Å². The first kappa shape index (κ1) is 13.5. The summed E-state index contributed by atoms with van der Waals surface area (Å²) in [7, 11) is 1.68. The maximum atomic E-state index is 11.3. The van der Waals surface area contributed by atoms with Gasteiger partial charge in [-0.05, 0) is 28.4 Å².